The van der Waals surface area contributed by atoms with E-state index in [1.165, 1.54) is 11.8 Å². The summed E-state index contributed by atoms with van der Waals surface area (Å²) in [4.78, 5) is 0. The Morgan fingerprint density at radius 2 is 1.79 bits per heavy atom. The van der Waals surface area contributed by atoms with Crippen LogP contribution in [0.1, 0.15) is 32.1 Å². The molecule has 0 aromatic rings. The molecule has 0 aromatic heterocycles. The van der Waals surface area contributed by atoms with Crippen LogP contribution >= 0.6 is 24.0 Å². The van der Waals surface area contributed by atoms with Gasteiger partial charge >= 0.3 is 31.1 Å². The first-order valence-electron chi connectivity index (χ1n) is 4.51. The van der Waals surface area contributed by atoms with Gasteiger partial charge < -0.3 is 40.7 Å². The van der Waals surface area contributed by atoms with E-state index in [-0.39, 0.29) is 42.1 Å². The molecule has 0 amide bonds. The summed E-state index contributed by atoms with van der Waals surface area (Å²) in [6, 6.07) is 0. The third-order valence-corrected chi connectivity index (χ3v) is 3.70. The van der Waals surface area contributed by atoms with Crippen LogP contribution < -0.4 is 0 Å². The zero-order valence-corrected chi connectivity index (χ0v) is 14.3. The molecular weight excluding hydrogens is 438 g/mol. The van der Waals surface area contributed by atoms with E-state index in [4.69, 9.17) is 0 Å². The number of thiocarbonyl (C=S) groups is 1. The zero-order valence-electron chi connectivity index (χ0n) is 8.51. The Balaban J connectivity index is 0.000000299. The summed E-state index contributed by atoms with van der Waals surface area (Å²) in [6.45, 7) is 4.11. The second kappa shape index (κ2) is 6.25. The molecule has 0 saturated heterocycles. The molecule has 0 unspecified atom stereocenters. The van der Waals surface area contributed by atoms with E-state index >= 15 is 0 Å². The van der Waals surface area contributed by atoms with Crippen LogP contribution in [0.4, 0.5) is 0 Å². The first kappa shape index (κ1) is 15.5. The van der Waals surface area contributed by atoms with Crippen LogP contribution in [0, 0.1) is 43.5 Å². The van der Waals surface area contributed by atoms with Gasteiger partial charge in [-0.05, 0) is 25.5 Å². The monoisotopic (exact) mass is 454 g/mol. The molecule has 2 fully saturated rings. The standard InChI is InChI=1S/C8H13O.C2H3S2.U/c1-7-2-4-8(9,6-7)5-3-7;1-4-2-3;/h9H,1-6H2;1H3;/q2*-1;+2. The third-order valence-electron chi connectivity index (χ3n) is 3.03. The van der Waals surface area contributed by atoms with E-state index in [0.29, 0.717) is 0 Å². The van der Waals surface area contributed by atoms with Crippen molar-refractivity contribution in [2.24, 2.45) is 5.41 Å². The first-order chi connectivity index (χ1) is 6.04. The fourth-order valence-corrected chi connectivity index (χ4v) is 2.30. The summed E-state index contributed by atoms with van der Waals surface area (Å²) in [7, 11) is 0. The second-order valence-electron chi connectivity index (χ2n) is 4.19. The Bertz CT molecular complexity index is 173. The van der Waals surface area contributed by atoms with E-state index in [2.05, 4.69) is 23.8 Å². The van der Waals surface area contributed by atoms with E-state index in [1.807, 2.05) is 6.26 Å². The van der Waals surface area contributed by atoms with Gasteiger partial charge in [0, 0.05) is 0 Å². The quantitative estimate of drug-likeness (QED) is 0.486. The minimum absolute atomic E-state index is 0. The fourth-order valence-electron chi connectivity index (χ4n) is 2.30. The van der Waals surface area contributed by atoms with Gasteiger partial charge in [-0.2, -0.15) is 5.41 Å². The maximum Gasteiger partial charge on any atom is 2.00 e. The van der Waals surface area contributed by atoms with E-state index in [1.54, 1.807) is 0 Å². The molecule has 1 N–H and O–H groups in total. The van der Waals surface area contributed by atoms with Gasteiger partial charge in [-0.1, -0.05) is 12.8 Å². The van der Waals surface area contributed by atoms with Gasteiger partial charge in [-0.25, -0.2) is 0 Å². The molecule has 4 heteroatoms. The molecule has 0 heterocycles. The summed E-state index contributed by atoms with van der Waals surface area (Å²) >= 11 is 5.69. The smallest absolute Gasteiger partial charge is 0.390 e. The molecule has 2 aliphatic rings. The van der Waals surface area contributed by atoms with Gasteiger partial charge in [0.2, 0.25) is 0 Å². The summed E-state index contributed by atoms with van der Waals surface area (Å²) < 4.78 is 2.43. The second-order valence-corrected chi connectivity index (χ2v) is 5.26. The number of hydrogen-bond donors (Lipinski definition) is 1. The van der Waals surface area contributed by atoms with Crippen molar-refractivity contribution in [1.82, 2.24) is 0 Å². The molecule has 2 aliphatic carbocycles. The van der Waals surface area contributed by atoms with Crippen LogP contribution in [0.2, 0.25) is 0 Å². The summed E-state index contributed by atoms with van der Waals surface area (Å²) in [5.74, 6) is 0. The molecule has 0 aromatic carbocycles. The van der Waals surface area contributed by atoms with Crippen molar-refractivity contribution < 1.29 is 36.2 Å². The number of rotatable bonds is 1. The number of fused-ring (bicyclic) bond motifs is 2. The van der Waals surface area contributed by atoms with Crippen molar-refractivity contribution in [2.75, 3.05) is 6.26 Å². The van der Waals surface area contributed by atoms with Crippen LogP contribution in [-0.2, 0) is 0 Å². The normalized spacial score (nSPS) is 38.2. The van der Waals surface area contributed by atoms with E-state index < -0.39 is 0 Å². The molecule has 0 atom stereocenters. The number of aliphatic hydroxyl groups is 1. The molecule has 2 saturated carbocycles. The van der Waals surface area contributed by atoms with Crippen LogP contribution in [0.15, 0.2) is 0 Å². The third kappa shape index (κ3) is 4.14. The fraction of sp³-hybridized carbons (Fsp3) is 0.800. The van der Waals surface area contributed by atoms with Gasteiger partial charge in [0.25, 0.3) is 0 Å². The first-order valence-corrected chi connectivity index (χ1v) is 6.15. The minimum Gasteiger partial charge on any atom is -0.390 e. The average Bonchev–Trinajstić information content (AvgIpc) is 2.57. The number of hydrogen-bond acceptors (Lipinski definition) is 3. The van der Waals surface area contributed by atoms with Crippen molar-refractivity contribution in [2.45, 2.75) is 37.7 Å². The van der Waals surface area contributed by atoms with E-state index in [9.17, 15) is 5.11 Å². The van der Waals surface area contributed by atoms with Crippen LogP contribution in [0.5, 0.6) is 0 Å². The Morgan fingerprint density at radius 3 is 1.86 bits per heavy atom. The minimum atomic E-state index is -0.290. The van der Waals surface area contributed by atoms with Crippen molar-refractivity contribution in [3.63, 3.8) is 0 Å². The predicted octanol–water partition coefficient (Wildman–Crippen LogP) is 2.70. The van der Waals surface area contributed by atoms with Crippen molar-refractivity contribution in [3.8, 4) is 0 Å². The van der Waals surface area contributed by atoms with Gasteiger partial charge in [-0.15, -0.1) is 0 Å². The van der Waals surface area contributed by atoms with Crippen molar-refractivity contribution in [1.29, 1.82) is 0 Å². The SMILES string of the molecule is CS[C-]=S.[CH2-]C12CCC(O)(CC1)C2.[U+2]. The Kier molecular flexibility index (Phi) is 6.90. The van der Waals surface area contributed by atoms with Gasteiger partial charge in [0.05, 0.1) is 5.60 Å². The molecule has 2 rings (SSSR count). The van der Waals surface area contributed by atoms with Crippen LogP contribution in [0.25, 0.3) is 0 Å². The maximum atomic E-state index is 9.67. The topological polar surface area (TPSA) is 20.2 Å². The summed E-state index contributed by atoms with van der Waals surface area (Å²) in [6.07, 6.45) is 7.12. The number of thioether (sulfide) groups is 1. The molecular formula is C10H16OS2U. The Morgan fingerprint density at radius 1 is 1.36 bits per heavy atom. The molecule has 14 heavy (non-hydrogen) atoms. The maximum absolute atomic E-state index is 9.67. The van der Waals surface area contributed by atoms with Crippen LogP contribution in [-0.4, -0.2) is 21.7 Å². The molecule has 0 spiro atoms. The van der Waals surface area contributed by atoms with E-state index in [0.717, 1.165) is 32.1 Å². The summed E-state index contributed by atoms with van der Waals surface area (Å²) in [5, 5.41) is 9.67. The van der Waals surface area contributed by atoms with Crippen molar-refractivity contribution >= 4 is 28.7 Å². The summed E-state index contributed by atoms with van der Waals surface area (Å²) in [5.41, 5.74) is -0.0174. The van der Waals surface area contributed by atoms with Gasteiger partial charge in [0.15, 0.2) is 0 Å². The van der Waals surface area contributed by atoms with Gasteiger partial charge in [0.1, 0.15) is 0 Å². The Hall–Kier alpha value is 1.45. The predicted molar refractivity (Wildman–Crippen MR) is 61.9 cm³/mol. The average molecular weight is 454 g/mol. The molecule has 0 radical (unpaired) electrons. The van der Waals surface area contributed by atoms with Crippen molar-refractivity contribution in [3.05, 3.63) is 6.92 Å². The zero-order chi connectivity index (χ0) is 9.95. The van der Waals surface area contributed by atoms with Crippen LogP contribution in [0.3, 0.4) is 0 Å². The molecule has 78 valence electrons. The Labute approximate surface area is 120 Å². The molecule has 1 nitrogen and oxygen atoms in total. The largest absolute Gasteiger partial charge is 2.00 e. The van der Waals surface area contributed by atoms with Gasteiger partial charge in [-0.3, -0.25) is 0 Å². The molecule has 2 bridgehead atoms. The molecule has 0 aliphatic heterocycles.